The van der Waals surface area contributed by atoms with E-state index in [2.05, 4.69) is 51.1 Å². The van der Waals surface area contributed by atoms with Gasteiger partial charge in [-0.25, -0.2) is 0 Å². The number of hydrogen-bond acceptors (Lipinski definition) is 4. The normalized spacial score (nSPS) is 11.6. The first kappa shape index (κ1) is 21.4. The summed E-state index contributed by atoms with van der Waals surface area (Å²) in [6.45, 7) is 6.65. The van der Waals surface area contributed by atoms with Crippen molar-refractivity contribution in [2.75, 3.05) is 19.8 Å². The molecule has 0 heterocycles. The number of ether oxygens (including phenoxy) is 1. The Labute approximate surface area is 163 Å². The topological polar surface area (TPSA) is 75.7 Å². The van der Waals surface area contributed by atoms with Gasteiger partial charge in [0.2, 0.25) is 0 Å². The van der Waals surface area contributed by atoms with E-state index >= 15 is 0 Å². The Balaban J connectivity index is 2.18. The van der Waals surface area contributed by atoms with Gasteiger partial charge in [-0.3, -0.25) is 0 Å². The highest BCUT2D eigenvalue weighted by Gasteiger charge is 2.22. The number of hydrogen-bond donors (Lipinski definition) is 3. The second-order valence-corrected chi connectivity index (χ2v) is 7.52. The van der Waals surface area contributed by atoms with E-state index in [1.807, 2.05) is 6.07 Å². The van der Waals surface area contributed by atoms with Crippen molar-refractivity contribution in [2.24, 2.45) is 5.73 Å². The maximum Gasteiger partial charge on any atom is 0.125 e. The summed E-state index contributed by atoms with van der Waals surface area (Å²) in [5.74, 6) is 0.988. The minimum absolute atomic E-state index is 0.221. The van der Waals surface area contributed by atoms with Crippen LogP contribution in [0.4, 0.5) is 0 Å². The van der Waals surface area contributed by atoms with Gasteiger partial charge in [0.25, 0.3) is 0 Å². The first-order chi connectivity index (χ1) is 12.9. The maximum atomic E-state index is 9.36. The van der Waals surface area contributed by atoms with Gasteiger partial charge < -0.3 is 20.7 Å². The van der Waals surface area contributed by atoms with Crippen LogP contribution in [0.5, 0.6) is 5.75 Å². The van der Waals surface area contributed by atoms with Gasteiger partial charge in [0.05, 0.1) is 25.4 Å². The standard InChI is InChI=1S/C23H33NO3/c1-4-5-11-27-22-17(2)12-21(13-18(22)3)20-8-6-7-19(14-20)9-10-23(24,15-25)16-26/h6-8,12-14,25-26H,4-5,9-11,15-16,24H2,1-3H3. The molecule has 0 saturated carbocycles. The van der Waals surface area contributed by atoms with E-state index in [0.29, 0.717) is 12.8 Å². The Morgan fingerprint density at radius 2 is 1.67 bits per heavy atom. The molecule has 0 aromatic heterocycles. The lowest BCUT2D eigenvalue weighted by atomic mass is 9.92. The van der Waals surface area contributed by atoms with Crippen LogP contribution in [0.1, 0.15) is 42.9 Å². The smallest absolute Gasteiger partial charge is 0.125 e. The van der Waals surface area contributed by atoms with Gasteiger partial charge in [0.15, 0.2) is 0 Å². The summed E-state index contributed by atoms with van der Waals surface area (Å²) >= 11 is 0. The highest BCUT2D eigenvalue weighted by atomic mass is 16.5. The second kappa shape index (κ2) is 9.88. The molecule has 2 aromatic rings. The SMILES string of the molecule is CCCCOc1c(C)cc(-c2cccc(CCC(N)(CO)CO)c2)cc1C. The minimum atomic E-state index is -0.930. The van der Waals surface area contributed by atoms with E-state index in [1.165, 1.54) is 0 Å². The molecular weight excluding hydrogens is 338 g/mol. The first-order valence-corrected chi connectivity index (χ1v) is 9.76. The lowest BCUT2D eigenvalue weighted by molar-refractivity contribution is 0.115. The minimum Gasteiger partial charge on any atom is -0.493 e. The fraction of sp³-hybridized carbons (Fsp3) is 0.478. The molecule has 4 nitrogen and oxygen atoms in total. The van der Waals surface area contributed by atoms with Gasteiger partial charge in [-0.2, -0.15) is 0 Å². The van der Waals surface area contributed by atoms with E-state index in [-0.39, 0.29) is 13.2 Å². The highest BCUT2D eigenvalue weighted by Crippen LogP contribution is 2.31. The third kappa shape index (κ3) is 5.80. The van der Waals surface area contributed by atoms with E-state index < -0.39 is 5.54 Å². The fourth-order valence-corrected chi connectivity index (χ4v) is 3.17. The van der Waals surface area contributed by atoms with Crippen LogP contribution in [0.2, 0.25) is 0 Å². The van der Waals surface area contributed by atoms with Gasteiger partial charge >= 0.3 is 0 Å². The molecule has 4 N–H and O–H groups in total. The average Bonchev–Trinajstić information content (AvgIpc) is 2.68. The summed E-state index contributed by atoms with van der Waals surface area (Å²) in [5.41, 5.74) is 10.8. The Hall–Kier alpha value is -1.88. The molecule has 0 atom stereocenters. The van der Waals surface area contributed by atoms with Gasteiger partial charge in [0.1, 0.15) is 5.75 Å². The van der Waals surface area contributed by atoms with Gasteiger partial charge in [-0.1, -0.05) is 37.6 Å². The lowest BCUT2D eigenvalue weighted by Gasteiger charge is -2.24. The van der Waals surface area contributed by atoms with Crippen molar-refractivity contribution >= 4 is 0 Å². The second-order valence-electron chi connectivity index (χ2n) is 7.52. The van der Waals surface area contributed by atoms with Crippen molar-refractivity contribution in [1.82, 2.24) is 0 Å². The third-order valence-electron chi connectivity index (χ3n) is 5.01. The number of rotatable bonds is 10. The number of aliphatic hydroxyl groups is 2. The van der Waals surface area contributed by atoms with Gasteiger partial charge in [0, 0.05) is 0 Å². The van der Waals surface area contributed by atoms with Gasteiger partial charge in [-0.05, 0) is 73.1 Å². The lowest BCUT2D eigenvalue weighted by Crippen LogP contribution is -2.47. The zero-order chi connectivity index (χ0) is 19.9. The molecule has 0 bridgehead atoms. The monoisotopic (exact) mass is 371 g/mol. The summed E-state index contributed by atoms with van der Waals surface area (Å²) in [4.78, 5) is 0. The third-order valence-corrected chi connectivity index (χ3v) is 5.01. The van der Waals surface area contributed by atoms with Crippen molar-refractivity contribution in [3.8, 4) is 16.9 Å². The molecule has 148 valence electrons. The van der Waals surface area contributed by atoms with Gasteiger partial charge in [-0.15, -0.1) is 0 Å². The van der Waals surface area contributed by atoms with Crippen LogP contribution in [0.15, 0.2) is 36.4 Å². The van der Waals surface area contributed by atoms with E-state index in [0.717, 1.165) is 53.0 Å². The highest BCUT2D eigenvalue weighted by molar-refractivity contribution is 5.68. The predicted molar refractivity (Wildman–Crippen MR) is 111 cm³/mol. The van der Waals surface area contributed by atoms with E-state index in [1.54, 1.807) is 0 Å². The van der Waals surface area contributed by atoms with Crippen LogP contribution in [0.25, 0.3) is 11.1 Å². The molecule has 0 aliphatic carbocycles. The number of aryl methyl sites for hydroxylation is 3. The molecule has 2 rings (SSSR count). The van der Waals surface area contributed by atoms with Crippen molar-refractivity contribution < 1.29 is 14.9 Å². The largest absolute Gasteiger partial charge is 0.493 e. The molecule has 0 aliphatic rings. The summed E-state index contributed by atoms with van der Waals surface area (Å²) < 4.78 is 5.96. The van der Waals surface area contributed by atoms with Crippen LogP contribution in [-0.2, 0) is 6.42 Å². The summed E-state index contributed by atoms with van der Waals surface area (Å²) in [6, 6.07) is 12.7. The zero-order valence-electron chi connectivity index (χ0n) is 16.8. The van der Waals surface area contributed by atoms with Crippen molar-refractivity contribution in [3.63, 3.8) is 0 Å². The fourth-order valence-electron chi connectivity index (χ4n) is 3.17. The number of aliphatic hydroxyl groups excluding tert-OH is 2. The van der Waals surface area contributed by atoms with Crippen molar-refractivity contribution in [3.05, 3.63) is 53.1 Å². The van der Waals surface area contributed by atoms with Crippen molar-refractivity contribution in [1.29, 1.82) is 0 Å². The summed E-state index contributed by atoms with van der Waals surface area (Å²) in [6.07, 6.45) is 3.43. The zero-order valence-corrected chi connectivity index (χ0v) is 16.8. The maximum absolute atomic E-state index is 9.36. The molecule has 0 amide bonds. The Morgan fingerprint density at radius 1 is 1.00 bits per heavy atom. The molecule has 0 fully saturated rings. The molecule has 4 heteroatoms. The number of benzene rings is 2. The summed E-state index contributed by atoms with van der Waals surface area (Å²) in [5, 5.41) is 18.7. The van der Waals surface area contributed by atoms with Crippen molar-refractivity contribution in [2.45, 2.75) is 52.0 Å². The van der Waals surface area contributed by atoms with E-state index in [4.69, 9.17) is 10.5 Å². The Kier molecular flexibility index (Phi) is 7.84. The Bertz CT molecular complexity index is 715. The molecule has 0 unspecified atom stereocenters. The molecule has 0 saturated heterocycles. The first-order valence-electron chi connectivity index (χ1n) is 9.76. The number of unbranched alkanes of at least 4 members (excludes halogenated alkanes) is 1. The Morgan fingerprint density at radius 3 is 2.26 bits per heavy atom. The summed E-state index contributed by atoms with van der Waals surface area (Å²) in [7, 11) is 0. The van der Waals surface area contributed by atoms with Crippen LogP contribution in [-0.4, -0.2) is 35.6 Å². The van der Waals surface area contributed by atoms with Crippen LogP contribution in [0, 0.1) is 13.8 Å². The molecule has 0 aliphatic heterocycles. The molecule has 0 spiro atoms. The molecular formula is C23H33NO3. The average molecular weight is 372 g/mol. The van der Waals surface area contributed by atoms with E-state index in [9.17, 15) is 10.2 Å². The molecule has 0 radical (unpaired) electrons. The van der Waals surface area contributed by atoms with Crippen LogP contribution in [0.3, 0.4) is 0 Å². The number of nitrogens with two attached hydrogens (primary N) is 1. The molecule has 27 heavy (non-hydrogen) atoms. The van der Waals surface area contributed by atoms with Crippen LogP contribution < -0.4 is 10.5 Å². The van der Waals surface area contributed by atoms with Crippen LogP contribution >= 0.6 is 0 Å². The predicted octanol–water partition coefficient (Wildman–Crippen LogP) is 3.76. The molecule has 2 aromatic carbocycles. The quantitative estimate of drug-likeness (QED) is 0.556.